The summed E-state index contributed by atoms with van der Waals surface area (Å²) in [4.78, 5) is 0. The van der Waals surface area contributed by atoms with Gasteiger partial charge >= 0.3 is 0 Å². The van der Waals surface area contributed by atoms with Gasteiger partial charge in [-0.3, -0.25) is 0 Å². The van der Waals surface area contributed by atoms with Crippen molar-refractivity contribution in [1.82, 2.24) is 0 Å². The van der Waals surface area contributed by atoms with Crippen LogP contribution in [0, 0.1) is 12.7 Å². The van der Waals surface area contributed by atoms with Gasteiger partial charge in [0.2, 0.25) is 0 Å². The van der Waals surface area contributed by atoms with Crippen LogP contribution in [0.2, 0.25) is 5.02 Å². The monoisotopic (exact) mass is 251 g/mol. The van der Waals surface area contributed by atoms with Gasteiger partial charge in [-0.25, -0.2) is 4.39 Å². The van der Waals surface area contributed by atoms with E-state index < -0.39 is 0 Å². The predicted octanol–water partition coefficient (Wildman–Crippen LogP) is 4.16. The number of nitrogens with two attached hydrogens (primary N) is 1. The lowest BCUT2D eigenvalue weighted by Gasteiger charge is -2.09. The molecule has 0 aliphatic heterocycles. The van der Waals surface area contributed by atoms with Crippen LogP contribution < -0.4 is 10.5 Å². The first-order valence-electron chi connectivity index (χ1n) is 5.06. The highest BCUT2D eigenvalue weighted by Crippen LogP contribution is 2.32. The highest BCUT2D eigenvalue weighted by molar-refractivity contribution is 6.33. The van der Waals surface area contributed by atoms with Crippen molar-refractivity contribution in [3.05, 3.63) is 52.8 Å². The Balaban J connectivity index is 2.31. The van der Waals surface area contributed by atoms with Gasteiger partial charge in [0.15, 0.2) is 5.75 Å². The van der Waals surface area contributed by atoms with Gasteiger partial charge in [-0.2, -0.15) is 0 Å². The van der Waals surface area contributed by atoms with Crippen LogP contribution in [0.3, 0.4) is 0 Å². The molecule has 0 fully saturated rings. The Morgan fingerprint density at radius 2 is 2.00 bits per heavy atom. The minimum absolute atomic E-state index is 0.317. The summed E-state index contributed by atoms with van der Waals surface area (Å²) >= 11 is 5.86. The maximum atomic E-state index is 13.3. The van der Waals surface area contributed by atoms with E-state index in [1.807, 2.05) is 0 Å². The number of anilines is 1. The smallest absolute Gasteiger partial charge is 0.151 e. The molecular weight excluding hydrogens is 241 g/mol. The Kier molecular flexibility index (Phi) is 3.20. The van der Waals surface area contributed by atoms with Crippen LogP contribution in [0.15, 0.2) is 36.4 Å². The van der Waals surface area contributed by atoms with E-state index in [4.69, 9.17) is 22.1 Å². The second kappa shape index (κ2) is 4.63. The molecule has 0 aliphatic carbocycles. The standard InChI is InChI=1S/C13H11ClFNO/c1-8-5-6-9(7-11(8)15)17-12-4-2-3-10(14)13(12)16/h2-7H,16H2,1H3. The number of nitrogen functional groups attached to an aromatic ring is 1. The van der Waals surface area contributed by atoms with E-state index >= 15 is 0 Å². The van der Waals surface area contributed by atoms with Gasteiger partial charge in [0.1, 0.15) is 11.6 Å². The SMILES string of the molecule is Cc1ccc(Oc2cccc(Cl)c2N)cc1F. The van der Waals surface area contributed by atoms with Crippen molar-refractivity contribution in [3.63, 3.8) is 0 Å². The molecule has 88 valence electrons. The van der Waals surface area contributed by atoms with E-state index in [0.717, 1.165) is 0 Å². The average molecular weight is 252 g/mol. The predicted molar refractivity (Wildman–Crippen MR) is 67.1 cm³/mol. The van der Waals surface area contributed by atoms with E-state index in [-0.39, 0.29) is 5.82 Å². The van der Waals surface area contributed by atoms with Crippen molar-refractivity contribution in [2.45, 2.75) is 6.92 Å². The van der Waals surface area contributed by atoms with Gasteiger partial charge in [0, 0.05) is 6.07 Å². The first kappa shape index (κ1) is 11.7. The summed E-state index contributed by atoms with van der Waals surface area (Å²) in [5, 5.41) is 0.412. The summed E-state index contributed by atoms with van der Waals surface area (Å²) in [5.41, 5.74) is 6.66. The van der Waals surface area contributed by atoms with Crippen LogP contribution in [-0.4, -0.2) is 0 Å². The maximum Gasteiger partial charge on any atom is 0.151 e. The Bertz CT molecular complexity index is 557. The summed E-state index contributed by atoms with van der Waals surface area (Å²) in [7, 11) is 0. The van der Waals surface area contributed by atoms with Gasteiger partial charge in [0.25, 0.3) is 0 Å². The van der Waals surface area contributed by atoms with Crippen LogP contribution >= 0.6 is 11.6 Å². The zero-order valence-corrected chi connectivity index (χ0v) is 9.96. The fourth-order valence-corrected chi connectivity index (χ4v) is 1.54. The number of rotatable bonds is 2. The molecule has 0 bridgehead atoms. The highest BCUT2D eigenvalue weighted by Gasteiger charge is 2.06. The molecule has 17 heavy (non-hydrogen) atoms. The van der Waals surface area contributed by atoms with Gasteiger partial charge in [-0.05, 0) is 30.7 Å². The molecule has 0 radical (unpaired) electrons. The lowest BCUT2D eigenvalue weighted by atomic mass is 10.2. The topological polar surface area (TPSA) is 35.2 Å². The zero-order chi connectivity index (χ0) is 12.4. The van der Waals surface area contributed by atoms with E-state index in [1.54, 1.807) is 37.3 Å². The molecule has 0 amide bonds. The van der Waals surface area contributed by atoms with Gasteiger partial charge < -0.3 is 10.5 Å². The molecule has 0 unspecified atom stereocenters. The molecule has 0 saturated carbocycles. The zero-order valence-electron chi connectivity index (χ0n) is 9.21. The van der Waals surface area contributed by atoms with Gasteiger partial charge in [0.05, 0.1) is 10.7 Å². The van der Waals surface area contributed by atoms with E-state index in [0.29, 0.717) is 27.8 Å². The summed E-state index contributed by atoms with van der Waals surface area (Å²) in [6.07, 6.45) is 0. The van der Waals surface area contributed by atoms with Crippen LogP contribution in [-0.2, 0) is 0 Å². The third-order valence-electron chi connectivity index (χ3n) is 2.38. The Hall–Kier alpha value is -1.74. The molecule has 0 atom stereocenters. The second-order valence-electron chi connectivity index (χ2n) is 3.66. The normalized spacial score (nSPS) is 10.3. The molecule has 0 heterocycles. The Morgan fingerprint density at radius 3 is 2.71 bits per heavy atom. The molecule has 2 nitrogen and oxygen atoms in total. The molecule has 2 aromatic rings. The number of hydrogen-bond acceptors (Lipinski definition) is 2. The second-order valence-corrected chi connectivity index (χ2v) is 4.07. The molecule has 2 aromatic carbocycles. The Labute approximate surface area is 104 Å². The number of halogens is 2. The highest BCUT2D eigenvalue weighted by atomic mass is 35.5. The van der Waals surface area contributed by atoms with Crippen molar-refractivity contribution in [2.75, 3.05) is 5.73 Å². The van der Waals surface area contributed by atoms with Crippen molar-refractivity contribution < 1.29 is 9.13 Å². The van der Waals surface area contributed by atoms with Crippen LogP contribution in [0.1, 0.15) is 5.56 Å². The van der Waals surface area contributed by atoms with Crippen molar-refractivity contribution in [1.29, 1.82) is 0 Å². The minimum atomic E-state index is -0.317. The van der Waals surface area contributed by atoms with Crippen molar-refractivity contribution in [2.24, 2.45) is 0 Å². The quantitative estimate of drug-likeness (QED) is 0.814. The molecule has 0 aromatic heterocycles. The van der Waals surface area contributed by atoms with E-state index in [2.05, 4.69) is 0 Å². The minimum Gasteiger partial charge on any atom is -0.455 e. The molecule has 0 aliphatic rings. The molecule has 2 N–H and O–H groups in total. The first-order chi connectivity index (χ1) is 8.08. The van der Waals surface area contributed by atoms with Crippen LogP contribution in [0.4, 0.5) is 10.1 Å². The lowest BCUT2D eigenvalue weighted by Crippen LogP contribution is -1.93. The van der Waals surface area contributed by atoms with Crippen LogP contribution in [0.25, 0.3) is 0 Å². The largest absolute Gasteiger partial charge is 0.455 e. The summed E-state index contributed by atoms with van der Waals surface area (Å²) in [6, 6.07) is 9.71. The van der Waals surface area contributed by atoms with Crippen LogP contribution in [0.5, 0.6) is 11.5 Å². The number of ether oxygens (including phenoxy) is 1. The summed E-state index contributed by atoms with van der Waals surface area (Å²) in [6.45, 7) is 1.69. The van der Waals surface area contributed by atoms with E-state index in [1.165, 1.54) is 6.07 Å². The average Bonchev–Trinajstić information content (AvgIpc) is 2.30. The number of hydrogen-bond donors (Lipinski definition) is 1. The molecular formula is C13H11ClFNO. The Morgan fingerprint density at radius 1 is 1.24 bits per heavy atom. The number of aryl methyl sites for hydroxylation is 1. The number of para-hydroxylation sites is 1. The molecule has 0 spiro atoms. The third kappa shape index (κ3) is 2.50. The number of benzene rings is 2. The third-order valence-corrected chi connectivity index (χ3v) is 2.71. The van der Waals surface area contributed by atoms with Crippen molar-refractivity contribution >= 4 is 17.3 Å². The summed E-state index contributed by atoms with van der Waals surface area (Å²) in [5.74, 6) is 0.492. The first-order valence-corrected chi connectivity index (χ1v) is 5.43. The van der Waals surface area contributed by atoms with E-state index in [9.17, 15) is 4.39 Å². The van der Waals surface area contributed by atoms with Gasteiger partial charge in [-0.1, -0.05) is 23.7 Å². The van der Waals surface area contributed by atoms with Gasteiger partial charge in [-0.15, -0.1) is 0 Å². The fourth-order valence-electron chi connectivity index (χ4n) is 1.37. The molecule has 2 rings (SSSR count). The maximum absolute atomic E-state index is 13.3. The fraction of sp³-hybridized carbons (Fsp3) is 0.0769. The lowest BCUT2D eigenvalue weighted by molar-refractivity contribution is 0.478. The van der Waals surface area contributed by atoms with Crippen molar-refractivity contribution in [3.8, 4) is 11.5 Å². The summed E-state index contributed by atoms with van der Waals surface area (Å²) < 4.78 is 18.8. The molecule has 4 heteroatoms. The molecule has 0 saturated heterocycles.